The minimum Gasteiger partial charge on any atom is -0.454 e. The Kier molecular flexibility index (Phi) is 5.64. The molecule has 0 saturated carbocycles. The molecule has 1 saturated heterocycles. The summed E-state index contributed by atoms with van der Waals surface area (Å²) < 4.78 is 5.48. The van der Waals surface area contributed by atoms with Gasteiger partial charge in [-0.3, -0.25) is 0 Å². The maximum absolute atomic E-state index is 11.8. The van der Waals surface area contributed by atoms with Gasteiger partial charge in [0, 0.05) is 11.5 Å². The first-order chi connectivity index (χ1) is 10.8. The summed E-state index contributed by atoms with van der Waals surface area (Å²) in [6.45, 7) is 9.90. The molecule has 0 aromatic rings. The highest BCUT2D eigenvalue weighted by Gasteiger charge is 2.36. The number of fused-ring (bicyclic) bond motifs is 1. The summed E-state index contributed by atoms with van der Waals surface area (Å²) in [5.74, 6) is -0.204. The number of aliphatic hydroxyl groups is 1. The summed E-state index contributed by atoms with van der Waals surface area (Å²) in [5.41, 5.74) is 2.24. The fourth-order valence-electron chi connectivity index (χ4n) is 3.15. The lowest BCUT2D eigenvalue weighted by atomic mass is 9.88. The van der Waals surface area contributed by atoms with Crippen molar-refractivity contribution in [2.24, 2.45) is 5.92 Å². The summed E-state index contributed by atoms with van der Waals surface area (Å²) in [6, 6.07) is 0. The van der Waals surface area contributed by atoms with Gasteiger partial charge in [0.1, 0.15) is 6.10 Å². The fraction of sp³-hybridized carbons (Fsp3) is 0.550. The van der Waals surface area contributed by atoms with Crippen molar-refractivity contribution >= 4 is 5.97 Å². The van der Waals surface area contributed by atoms with E-state index in [9.17, 15) is 9.90 Å². The number of carbonyl (C=O) groups excluding carboxylic acids is 1. The van der Waals surface area contributed by atoms with E-state index < -0.39 is 5.60 Å². The summed E-state index contributed by atoms with van der Waals surface area (Å²) >= 11 is 0. The predicted molar refractivity (Wildman–Crippen MR) is 92.9 cm³/mol. The number of carbonyl (C=O) groups is 1. The molecule has 1 N–H and O–H groups in total. The Morgan fingerprint density at radius 2 is 2.09 bits per heavy atom. The molecule has 3 nitrogen and oxygen atoms in total. The molecule has 0 amide bonds. The van der Waals surface area contributed by atoms with Crippen molar-refractivity contribution in [3.8, 4) is 0 Å². The van der Waals surface area contributed by atoms with Crippen LogP contribution in [0.3, 0.4) is 0 Å². The first kappa shape index (κ1) is 17.7. The van der Waals surface area contributed by atoms with Gasteiger partial charge in [0.05, 0.1) is 5.60 Å². The number of hydrogen-bond donors (Lipinski definition) is 1. The molecule has 0 unspecified atom stereocenters. The van der Waals surface area contributed by atoms with Crippen LogP contribution in [0.25, 0.3) is 0 Å². The average molecular weight is 316 g/mol. The molecule has 0 aromatic heterocycles. The van der Waals surface area contributed by atoms with Gasteiger partial charge in [-0.05, 0) is 59.0 Å². The maximum Gasteiger partial charge on any atom is 0.334 e. The van der Waals surface area contributed by atoms with Gasteiger partial charge in [-0.25, -0.2) is 4.79 Å². The van der Waals surface area contributed by atoms with Crippen LogP contribution >= 0.6 is 0 Å². The molecule has 2 aliphatic rings. The Morgan fingerprint density at radius 3 is 2.83 bits per heavy atom. The summed E-state index contributed by atoms with van der Waals surface area (Å²) in [5, 5.41) is 10.4. The Balaban J connectivity index is 2.24. The SMILES string of the molecule is C=C1C(=O)O[C@@H]2/C=C(\C)C/C=C/[C@@](C)(O)CC/C=C(\C)CC[C@@H]12. The van der Waals surface area contributed by atoms with Crippen LogP contribution in [0, 0.1) is 5.92 Å². The molecule has 0 spiro atoms. The van der Waals surface area contributed by atoms with E-state index in [1.807, 2.05) is 32.1 Å². The molecular formula is C20H28O3. The van der Waals surface area contributed by atoms with Gasteiger partial charge >= 0.3 is 5.97 Å². The molecule has 3 heteroatoms. The van der Waals surface area contributed by atoms with Gasteiger partial charge in [0.15, 0.2) is 0 Å². The molecule has 0 bridgehead atoms. The van der Waals surface area contributed by atoms with Crippen LogP contribution in [0.1, 0.15) is 52.9 Å². The Labute approximate surface area is 139 Å². The second kappa shape index (κ2) is 7.31. The normalized spacial score (nSPS) is 39.3. The molecule has 0 aromatic carbocycles. The molecule has 1 aliphatic heterocycles. The third-order valence-electron chi connectivity index (χ3n) is 4.71. The van der Waals surface area contributed by atoms with Gasteiger partial charge in [-0.1, -0.05) is 36.0 Å². The number of hydrogen-bond acceptors (Lipinski definition) is 3. The van der Waals surface area contributed by atoms with Crippen molar-refractivity contribution < 1.29 is 14.6 Å². The minimum atomic E-state index is -0.780. The Morgan fingerprint density at radius 1 is 1.35 bits per heavy atom. The van der Waals surface area contributed by atoms with E-state index in [1.54, 1.807) is 0 Å². The van der Waals surface area contributed by atoms with Crippen LogP contribution in [0.2, 0.25) is 0 Å². The van der Waals surface area contributed by atoms with Crippen molar-refractivity contribution in [2.45, 2.75) is 64.6 Å². The van der Waals surface area contributed by atoms with Gasteiger partial charge < -0.3 is 9.84 Å². The molecule has 1 fully saturated rings. The zero-order chi connectivity index (χ0) is 17.0. The lowest BCUT2D eigenvalue weighted by molar-refractivity contribution is -0.137. The van der Waals surface area contributed by atoms with Crippen LogP contribution < -0.4 is 0 Å². The molecule has 0 radical (unpaired) electrons. The van der Waals surface area contributed by atoms with E-state index in [0.717, 1.165) is 31.3 Å². The van der Waals surface area contributed by atoms with E-state index in [-0.39, 0.29) is 18.0 Å². The van der Waals surface area contributed by atoms with Gasteiger partial charge in [-0.2, -0.15) is 0 Å². The van der Waals surface area contributed by atoms with Crippen molar-refractivity contribution in [2.75, 3.05) is 0 Å². The monoisotopic (exact) mass is 316 g/mol. The standard InChI is InChI=1S/C20H28O3/c1-14-7-5-11-20(4,22)12-6-8-15(2)13-18-17(10-9-14)16(3)19(21)23-18/h6-7,12-13,17-18,22H,3,5,8-11H2,1-2,4H3/b12-6+,14-7+,15-13+/t17-,18+,20-/m0/s1. The Hall–Kier alpha value is -1.61. The van der Waals surface area contributed by atoms with Gasteiger partial charge in [0.2, 0.25) is 0 Å². The number of rotatable bonds is 0. The molecule has 2 rings (SSSR count). The van der Waals surface area contributed by atoms with Crippen molar-refractivity contribution in [3.63, 3.8) is 0 Å². The molecule has 23 heavy (non-hydrogen) atoms. The summed E-state index contributed by atoms with van der Waals surface area (Å²) in [6.07, 6.45) is 12.0. The van der Waals surface area contributed by atoms with Crippen molar-refractivity contribution in [1.29, 1.82) is 0 Å². The molecule has 1 heterocycles. The van der Waals surface area contributed by atoms with E-state index in [1.165, 1.54) is 5.57 Å². The third kappa shape index (κ3) is 4.93. The van der Waals surface area contributed by atoms with Crippen molar-refractivity contribution in [1.82, 2.24) is 0 Å². The molecule has 126 valence electrons. The van der Waals surface area contributed by atoms with Crippen LogP contribution in [-0.2, 0) is 9.53 Å². The number of allylic oxidation sites excluding steroid dienone is 4. The maximum atomic E-state index is 11.8. The fourth-order valence-corrected chi connectivity index (χ4v) is 3.15. The lowest BCUT2D eigenvalue weighted by Gasteiger charge is -2.19. The minimum absolute atomic E-state index is 0.0656. The zero-order valence-electron chi connectivity index (χ0n) is 14.5. The average Bonchev–Trinajstić information content (AvgIpc) is 2.70. The largest absolute Gasteiger partial charge is 0.454 e. The van der Waals surface area contributed by atoms with E-state index in [4.69, 9.17) is 4.74 Å². The highest BCUT2D eigenvalue weighted by Crippen LogP contribution is 2.33. The van der Waals surface area contributed by atoms with Crippen molar-refractivity contribution in [3.05, 3.63) is 47.6 Å². The van der Waals surface area contributed by atoms with Crippen LogP contribution in [0.5, 0.6) is 0 Å². The third-order valence-corrected chi connectivity index (χ3v) is 4.71. The highest BCUT2D eigenvalue weighted by atomic mass is 16.5. The smallest absolute Gasteiger partial charge is 0.334 e. The molecular weight excluding hydrogens is 288 g/mol. The zero-order valence-corrected chi connectivity index (χ0v) is 14.5. The molecule has 3 atom stereocenters. The van der Waals surface area contributed by atoms with E-state index in [2.05, 4.69) is 19.6 Å². The highest BCUT2D eigenvalue weighted by molar-refractivity contribution is 5.91. The second-order valence-electron chi connectivity index (χ2n) is 7.11. The van der Waals surface area contributed by atoms with Crippen LogP contribution in [-0.4, -0.2) is 22.8 Å². The van der Waals surface area contributed by atoms with Crippen LogP contribution in [0.15, 0.2) is 47.6 Å². The van der Waals surface area contributed by atoms with Gasteiger partial charge in [-0.15, -0.1) is 0 Å². The Bertz CT molecular complexity index is 563. The van der Waals surface area contributed by atoms with E-state index in [0.29, 0.717) is 12.0 Å². The van der Waals surface area contributed by atoms with Gasteiger partial charge in [0.25, 0.3) is 0 Å². The first-order valence-electron chi connectivity index (χ1n) is 8.41. The van der Waals surface area contributed by atoms with Crippen LogP contribution in [0.4, 0.5) is 0 Å². The summed E-state index contributed by atoms with van der Waals surface area (Å²) in [4.78, 5) is 11.8. The topological polar surface area (TPSA) is 46.5 Å². The number of esters is 1. The lowest BCUT2D eigenvalue weighted by Crippen LogP contribution is -2.20. The first-order valence-corrected chi connectivity index (χ1v) is 8.41. The van der Waals surface area contributed by atoms with E-state index >= 15 is 0 Å². The summed E-state index contributed by atoms with van der Waals surface area (Å²) in [7, 11) is 0. The predicted octanol–water partition coefficient (Wildman–Crippen LogP) is 4.25. The second-order valence-corrected chi connectivity index (χ2v) is 7.11. The molecule has 1 aliphatic carbocycles. The quantitative estimate of drug-likeness (QED) is 0.413. The number of ether oxygens (including phenoxy) is 1.